The number of hydrogen-bond donors (Lipinski definition) is 2. The number of aromatic nitrogens is 2. The Morgan fingerprint density at radius 1 is 1.03 bits per heavy atom. The smallest absolute Gasteiger partial charge is 0.286 e. The molecule has 2 heterocycles. The maximum atomic E-state index is 11.8. The van der Waals surface area contributed by atoms with Crippen LogP contribution in [0.5, 0.6) is 23.0 Å². The van der Waals surface area contributed by atoms with Gasteiger partial charge in [0.1, 0.15) is 35.4 Å². The molecule has 10 heteroatoms. The number of carbonyl (C=O) groups is 2. The molecule has 2 amide bonds. The van der Waals surface area contributed by atoms with Crippen molar-refractivity contribution in [3.63, 3.8) is 0 Å². The number of rotatable bonds is 7. The van der Waals surface area contributed by atoms with E-state index in [1.807, 2.05) is 54.1 Å². The molecule has 1 aromatic heterocycles. The third kappa shape index (κ3) is 6.32. The molecule has 0 aliphatic carbocycles. The quantitative estimate of drug-likeness (QED) is 0.271. The van der Waals surface area contributed by atoms with Crippen molar-refractivity contribution in [2.24, 2.45) is 7.05 Å². The highest BCUT2D eigenvalue weighted by atomic mass is 35.5. The number of amides is 2. The number of aromatic hydroxyl groups is 1. The number of fused-ring (bicyclic) bond motifs is 1. The van der Waals surface area contributed by atoms with Crippen LogP contribution in [0.25, 0.3) is 11.0 Å². The summed E-state index contributed by atoms with van der Waals surface area (Å²) in [6, 6.07) is 18.4. The second-order valence-corrected chi connectivity index (χ2v) is 11.5. The zero-order valence-corrected chi connectivity index (χ0v) is 23.7. The zero-order chi connectivity index (χ0) is 27.0. The number of thioether (sulfide) groups is 1. The summed E-state index contributed by atoms with van der Waals surface area (Å²) in [7, 11) is 1.94. The van der Waals surface area contributed by atoms with E-state index >= 15 is 0 Å². The first-order chi connectivity index (χ1) is 18.1. The van der Waals surface area contributed by atoms with Crippen molar-refractivity contribution in [3.05, 3.63) is 77.6 Å². The average molecular weight is 568 g/mol. The molecular weight excluding hydrogens is 538 g/mol. The number of benzene rings is 3. The number of aryl methyl sites for hydroxylation is 1. The topological polar surface area (TPSA) is 103 Å². The maximum Gasteiger partial charge on any atom is 0.286 e. The molecule has 1 atom stereocenters. The standard InChI is InChI=1S/C29H29N3O5S.ClH/c1-29(2,3)21-14-18(33)7-12-24(21)37-20-10-11-22-23(15-20)32(4)26(30-22)16-36-19-8-5-17(6-9-19)13-25-27(34)31-28(35)38-25;/h5-12,14-15,25,33H,13,16H2,1-4H3,(H,31,34,35);1H. The van der Waals surface area contributed by atoms with E-state index in [9.17, 15) is 14.7 Å². The molecule has 204 valence electrons. The second-order valence-electron chi connectivity index (χ2n) is 10.3. The molecule has 4 aromatic rings. The summed E-state index contributed by atoms with van der Waals surface area (Å²) >= 11 is 1.03. The molecule has 39 heavy (non-hydrogen) atoms. The van der Waals surface area contributed by atoms with E-state index in [4.69, 9.17) is 14.5 Å². The Kier molecular flexibility index (Phi) is 8.13. The molecule has 3 aromatic carbocycles. The molecule has 0 saturated carbocycles. The van der Waals surface area contributed by atoms with E-state index in [0.717, 1.165) is 39.7 Å². The van der Waals surface area contributed by atoms with Crippen LogP contribution < -0.4 is 14.8 Å². The minimum atomic E-state index is -0.391. The van der Waals surface area contributed by atoms with Crippen LogP contribution in [0, 0.1) is 0 Å². The van der Waals surface area contributed by atoms with Gasteiger partial charge in [-0.15, -0.1) is 12.4 Å². The minimum Gasteiger partial charge on any atom is -0.508 e. The molecule has 0 spiro atoms. The number of phenolic OH excluding ortho intramolecular Hbond substituents is 1. The highest BCUT2D eigenvalue weighted by Crippen LogP contribution is 2.37. The van der Waals surface area contributed by atoms with Crippen LogP contribution in [0.1, 0.15) is 37.7 Å². The summed E-state index contributed by atoms with van der Waals surface area (Å²) in [4.78, 5) is 27.9. The molecule has 0 bridgehead atoms. The lowest BCUT2D eigenvalue weighted by Gasteiger charge is -2.23. The van der Waals surface area contributed by atoms with E-state index in [1.54, 1.807) is 18.2 Å². The van der Waals surface area contributed by atoms with E-state index in [1.165, 1.54) is 0 Å². The van der Waals surface area contributed by atoms with Gasteiger partial charge in [0, 0.05) is 18.7 Å². The van der Waals surface area contributed by atoms with Gasteiger partial charge in [0.2, 0.25) is 5.91 Å². The first kappa shape index (κ1) is 28.3. The first-order valence-electron chi connectivity index (χ1n) is 12.3. The summed E-state index contributed by atoms with van der Waals surface area (Å²) in [5.74, 6) is 2.79. The number of carbonyl (C=O) groups excluding carboxylic acids is 2. The van der Waals surface area contributed by atoms with Crippen molar-refractivity contribution in [2.75, 3.05) is 0 Å². The molecule has 1 fully saturated rings. The Bertz CT molecular complexity index is 1530. The fourth-order valence-corrected chi connectivity index (χ4v) is 5.20. The number of nitrogens with one attached hydrogen (secondary N) is 1. The Labute approximate surface area is 237 Å². The number of halogens is 1. The van der Waals surface area contributed by atoms with Crippen LogP contribution in [0.4, 0.5) is 4.79 Å². The lowest BCUT2D eigenvalue weighted by Crippen LogP contribution is -2.25. The minimum absolute atomic E-state index is 0. The monoisotopic (exact) mass is 567 g/mol. The van der Waals surface area contributed by atoms with Gasteiger partial charge in [0.05, 0.1) is 16.3 Å². The molecule has 1 saturated heterocycles. The number of imide groups is 1. The van der Waals surface area contributed by atoms with Gasteiger partial charge in [0.15, 0.2) is 0 Å². The van der Waals surface area contributed by atoms with E-state index < -0.39 is 5.25 Å². The molecule has 2 N–H and O–H groups in total. The van der Waals surface area contributed by atoms with Gasteiger partial charge in [-0.2, -0.15) is 0 Å². The third-order valence-electron chi connectivity index (χ3n) is 6.42. The molecule has 1 aliphatic heterocycles. The van der Waals surface area contributed by atoms with E-state index in [-0.39, 0.29) is 41.3 Å². The average Bonchev–Trinajstić information content (AvgIpc) is 3.36. The predicted molar refractivity (Wildman–Crippen MR) is 154 cm³/mol. The van der Waals surface area contributed by atoms with Crippen LogP contribution in [0.2, 0.25) is 0 Å². The van der Waals surface area contributed by atoms with Crippen molar-refractivity contribution >= 4 is 46.3 Å². The van der Waals surface area contributed by atoms with Crippen molar-refractivity contribution in [1.82, 2.24) is 14.9 Å². The van der Waals surface area contributed by atoms with Gasteiger partial charge >= 0.3 is 0 Å². The maximum absolute atomic E-state index is 11.8. The highest BCUT2D eigenvalue weighted by Gasteiger charge is 2.31. The molecule has 5 rings (SSSR count). The van der Waals surface area contributed by atoms with Gasteiger partial charge in [-0.05, 0) is 59.9 Å². The first-order valence-corrected chi connectivity index (χ1v) is 13.1. The van der Waals surface area contributed by atoms with Gasteiger partial charge < -0.3 is 19.1 Å². The lowest BCUT2D eigenvalue weighted by atomic mass is 9.86. The fourth-order valence-electron chi connectivity index (χ4n) is 4.34. The normalized spacial score (nSPS) is 15.2. The summed E-state index contributed by atoms with van der Waals surface area (Å²) in [5.41, 5.74) is 3.42. The van der Waals surface area contributed by atoms with Crippen LogP contribution in [-0.4, -0.2) is 31.1 Å². The van der Waals surface area contributed by atoms with Crippen LogP contribution >= 0.6 is 24.2 Å². The van der Waals surface area contributed by atoms with Crippen LogP contribution in [0.15, 0.2) is 60.7 Å². The van der Waals surface area contributed by atoms with E-state index in [2.05, 4.69) is 26.1 Å². The van der Waals surface area contributed by atoms with Gasteiger partial charge in [-0.3, -0.25) is 14.9 Å². The SMILES string of the molecule is Cl.Cn1c(COc2ccc(CC3SC(=O)NC3=O)cc2)nc2ccc(Oc3ccc(O)cc3C(C)(C)C)cc21. The lowest BCUT2D eigenvalue weighted by molar-refractivity contribution is -0.118. The van der Waals surface area contributed by atoms with Crippen molar-refractivity contribution < 1.29 is 24.2 Å². The zero-order valence-electron chi connectivity index (χ0n) is 22.1. The molecule has 1 unspecified atom stereocenters. The Hall–Kier alpha value is -3.69. The number of hydrogen-bond acceptors (Lipinski definition) is 7. The van der Waals surface area contributed by atoms with E-state index in [0.29, 0.717) is 23.7 Å². The van der Waals surface area contributed by atoms with Gasteiger partial charge in [0.25, 0.3) is 5.24 Å². The number of ether oxygens (including phenoxy) is 2. The summed E-state index contributed by atoms with van der Waals surface area (Å²) in [5, 5.41) is 11.6. The molecule has 0 radical (unpaired) electrons. The molecular formula is C29H30ClN3O5S. The van der Waals surface area contributed by atoms with Crippen molar-refractivity contribution in [2.45, 2.75) is 44.5 Å². The largest absolute Gasteiger partial charge is 0.508 e. The van der Waals surface area contributed by atoms with Crippen LogP contribution in [0.3, 0.4) is 0 Å². The summed E-state index contributed by atoms with van der Waals surface area (Å²) < 4.78 is 14.2. The van der Waals surface area contributed by atoms with Crippen molar-refractivity contribution in [3.8, 4) is 23.0 Å². The molecule has 1 aliphatic rings. The highest BCUT2D eigenvalue weighted by molar-refractivity contribution is 8.15. The number of phenols is 1. The second kappa shape index (κ2) is 11.2. The third-order valence-corrected chi connectivity index (χ3v) is 7.40. The van der Waals surface area contributed by atoms with Crippen LogP contribution in [-0.2, 0) is 30.3 Å². The van der Waals surface area contributed by atoms with Gasteiger partial charge in [-0.1, -0.05) is 44.7 Å². The number of nitrogens with zero attached hydrogens (tertiary/aromatic N) is 2. The fraction of sp³-hybridized carbons (Fsp3) is 0.276. The Morgan fingerprint density at radius 3 is 2.41 bits per heavy atom. The Morgan fingerprint density at radius 2 is 1.74 bits per heavy atom. The number of imidazole rings is 1. The van der Waals surface area contributed by atoms with Crippen molar-refractivity contribution in [1.29, 1.82) is 0 Å². The summed E-state index contributed by atoms with van der Waals surface area (Å²) in [6.45, 7) is 6.51. The predicted octanol–water partition coefficient (Wildman–Crippen LogP) is 6.26. The summed E-state index contributed by atoms with van der Waals surface area (Å²) in [6.07, 6.45) is 0.485. The molecule has 8 nitrogen and oxygen atoms in total. The van der Waals surface area contributed by atoms with Gasteiger partial charge in [-0.25, -0.2) is 4.98 Å². The Balaban J connectivity index is 0.00000353.